The van der Waals surface area contributed by atoms with Crippen molar-refractivity contribution in [1.29, 1.82) is 0 Å². The van der Waals surface area contributed by atoms with E-state index in [1.54, 1.807) is 11.1 Å². The number of hydrogen-bond acceptors (Lipinski definition) is 0. The van der Waals surface area contributed by atoms with Gasteiger partial charge in [-0.3, -0.25) is 0 Å². The van der Waals surface area contributed by atoms with Gasteiger partial charge in [0.15, 0.2) is 0 Å². The van der Waals surface area contributed by atoms with Crippen molar-refractivity contribution in [3.05, 3.63) is 82.9 Å². The summed E-state index contributed by atoms with van der Waals surface area (Å²) in [5.74, 6) is 0. The summed E-state index contributed by atoms with van der Waals surface area (Å²) in [4.78, 5) is 0. The van der Waals surface area contributed by atoms with Crippen molar-refractivity contribution in [2.75, 3.05) is 0 Å². The molecule has 2 aromatic rings. The molecule has 0 bridgehead atoms. The van der Waals surface area contributed by atoms with Crippen LogP contribution in [-0.4, -0.2) is 8.07 Å². The van der Waals surface area contributed by atoms with Gasteiger partial charge in [-0.25, -0.2) is 0 Å². The van der Waals surface area contributed by atoms with Crippen molar-refractivity contribution in [2.45, 2.75) is 30.6 Å². The van der Waals surface area contributed by atoms with E-state index < -0.39 is 8.07 Å². The zero-order chi connectivity index (χ0) is 15.2. The molecule has 2 aliphatic rings. The fraction of sp³-hybridized carbons (Fsp3) is 0.238. The Morgan fingerprint density at radius 1 is 0.783 bits per heavy atom. The molecule has 0 amide bonds. The molecule has 2 unspecified atom stereocenters. The fourth-order valence-electron chi connectivity index (χ4n) is 4.28. The Morgan fingerprint density at radius 3 is 1.65 bits per heavy atom. The standard InChI is InChI=1S/C21H22Si.Na/c1-3-22(2,20-14-12-16-8-4-6-10-18(16)20)21-15-13-17-9-5-7-11-19(17)21;/h4-15,20-21H,3H2,1-2H3;/q;+1. The Balaban J connectivity index is 0.00000156. The van der Waals surface area contributed by atoms with Gasteiger partial charge < -0.3 is 0 Å². The molecule has 4 rings (SSSR count). The van der Waals surface area contributed by atoms with E-state index in [4.69, 9.17) is 0 Å². The summed E-state index contributed by atoms with van der Waals surface area (Å²) in [5.41, 5.74) is 7.22. The summed E-state index contributed by atoms with van der Waals surface area (Å²) in [5, 5.41) is 0. The molecule has 2 atom stereocenters. The zero-order valence-corrected chi connectivity index (χ0v) is 17.3. The van der Waals surface area contributed by atoms with E-state index in [1.807, 2.05) is 0 Å². The average molecular weight is 325 g/mol. The van der Waals surface area contributed by atoms with Gasteiger partial charge in [-0.05, 0) is 33.3 Å². The van der Waals surface area contributed by atoms with Crippen molar-refractivity contribution in [2.24, 2.45) is 0 Å². The van der Waals surface area contributed by atoms with E-state index in [1.165, 1.54) is 17.2 Å². The van der Waals surface area contributed by atoms with Gasteiger partial charge in [-0.1, -0.05) is 92.3 Å². The molecule has 2 aliphatic carbocycles. The van der Waals surface area contributed by atoms with E-state index in [-0.39, 0.29) is 29.6 Å². The molecule has 2 aromatic carbocycles. The van der Waals surface area contributed by atoms with Gasteiger partial charge in [-0.2, -0.15) is 0 Å². The van der Waals surface area contributed by atoms with E-state index in [9.17, 15) is 0 Å². The summed E-state index contributed by atoms with van der Waals surface area (Å²) >= 11 is 0. The van der Waals surface area contributed by atoms with Crippen molar-refractivity contribution < 1.29 is 29.6 Å². The monoisotopic (exact) mass is 325 g/mol. The van der Waals surface area contributed by atoms with Gasteiger partial charge >= 0.3 is 29.6 Å². The Hall–Kier alpha value is -0.863. The largest absolute Gasteiger partial charge is 1.00 e. The maximum absolute atomic E-state index is 2.60. The molecular formula is C21H22NaSi+. The third-order valence-electron chi connectivity index (χ3n) is 5.78. The van der Waals surface area contributed by atoms with Gasteiger partial charge in [0, 0.05) is 0 Å². The molecule has 0 radical (unpaired) electrons. The van der Waals surface area contributed by atoms with E-state index in [2.05, 4.69) is 86.3 Å². The normalized spacial score (nSPS) is 23.0. The van der Waals surface area contributed by atoms with Gasteiger partial charge in [0.1, 0.15) is 0 Å². The SMILES string of the molecule is CC[Si](C)(C1C=Cc2ccccc21)C1C=Cc2ccccc21.[Na+]. The van der Waals surface area contributed by atoms with Gasteiger partial charge in [-0.15, -0.1) is 0 Å². The van der Waals surface area contributed by atoms with Gasteiger partial charge in [0.2, 0.25) is 0 Å². The molecule has 2 heteroatoms. The van der Waals surface area contributed by atoms with Crippen LogP contribution in [0.5, 0.6) is 0 Å². The first-order chi connectivity index (χ1) is 10.7. The smallest absolute Gasteiger partial charge is 0.0791 e. The van der Waals surface area contributed by atoms with Crippen molar-refractivity contribution in [3.63, 3.8) is 0 Å². The second-order valence-electron chi connectivity index (χ2n) is 6.79. The molecule has 0 spiro atoms. The van der Waals surface area contributed by atoms with E-state index in [0.29, 0.717) is 11.1 Å². The molecular weight excluding hydrogens is 303 g/mol. The zero-order valence-electron chi connectivity index (χ0n) is 14.3. The molecule has 0 N–H and O–H groups in total. The molecule has 0 nitrogen and oxygen atoms in total. The van der Waals surface area contributed by atoms with Crippen LogP contribution in [0.2, 0.25) is 12.6 Å². The third-order valence-corrected chi connectivity index (χ3v) is 11.2. The quantitative estimate of drug-likeness (QED) is 0.761. The number of rotatable bonds is 3. The van der Waals surface area contributed by atoms with Crippen LogP contribution in [0, 0.1) is 0 Å². The Morgan fingerprint density at radius 2 is 1.22 bits per heavy atom. The van der Waals surface area contributed by atoms with Crippen LogP contribution in [0.1, 0.15) is 40.3 Å². The summed E-state index contributed by atoms with van der Waals surface area (Å²) < 4.78 is 0. The summed E-state index contributed by atoms with van der Waals surface area (Å²) in [6, 6.07) is 19.2. The molecule has 0 saturated carbocycles. The molecule has 0 heterocycles. The summed E-state index contributed by atoms with van der Waals surface area (Å²) in [6.07, 6.45) is 9.64. The molecule has 0 aliphatic heterocycles. The minimum Gasteiger partial charge on any atom is -0.0791 e. The first kappa shape index (κ1) is 17.0. The Bertz CT molecular complexity index is 713. The first-order valence-corrected chi connectivity index (χ1v) is 11.1. The Labute approximate surface area is 162 Å². The maximum atomic E-state index is 2.60. The average Bonchev–Trinajstić information content (AvgIpc) is 3.19. The second kappa shape index (κ2) is 6.56. The maximum Gasteiger partial charge on any atom is 1.00 e. The topological polar surface area (TPSA) is 0 Å². The molecule has 0 fully saturated rings. The minimum absolute atomic E-state index is 0. The van der Waals surface area contributed by atoms with Crippen LogP contribution in [-0.2, 0) is 0 Å². The van der Waals surface area contributed by atoms with Crippen LogP contribution < -0.4 is 29.6 Å². The number of hydrogen-bond donors (Lipinski definition) is 0. The van der Waals surface area contributed by atoms with Crippen LogP contribution in [0.25, 0.3) is 12.2 Å². The number of benzene rings is 2. The number of fused-ring (bicyclic) bond motifs is 2. The number of allylic oxidation sites excluding steroid dienone is 2. The molecule has 110 valence electrons. The van der Waals surface area contributed by atoms with Gasteiger partial charge in [0.25, 0.3) is 0 Å². The van der Waals surface area contributed by atoms with Crippen molar-refractivity contribution in [3.8, 4) is 0 Å². The predicted molar refractivity (Wildman–Crippen MR) is 98.5 cm³/mol. The second-order valence-corrected chi connectivity index (χ2v) is 11.8. The van der Waals surface area contributed by atoms with Crippen LogP contribution >= 0.6 is 0 Å². The third kappa shape index (κ3) is 2.64. The van der Waals surface area contributed by atoms with Crippen LogP contribution in [0.3, 0.4) is 0 Å². The first-order valence-electron chi connectivity index (χ1n) is 8.28. The van der Waals surface area contributed by atoms with Crippen molar-refractivity contribution in [1.82, 2.24) is 0 Å². The summed E-state index contributed by atoms with van der Waals surface area (Å²) in [7, 11) is -1.53. The molecule has 23 heavy (non-hydrogen) atoms. The van der Waals surface area contributed by atoms with Crippen LogP contribution in [0.4, 0.5) is 0 Å². The van der Waals surface area contributed by atoms with Crippen LogP contribution in [0.15, 0.2) is 60.7 Å². The van der Waals surface area contributed by atoms with Crippen molar-refractivity contribution >= 4 is 20.2 Å². The Kier molecular flexibility index (Phi) is 4.84. The summed E-state index contributed by atoms with van der Waals surface area (Å²) in [6.45, 7) is 5.00. The molecule has 0 aromatic heterocycles. The van der Waals surface area contributed by atoms with Gasteiger partial charge in [0.05, 0.1) is 8.07 Å². The minimum atomic E-state index is -1.53. The van der Waals surface area contributed by atoms with E-state index >= 15 is 0 Å². The fourth-order valence-corrected chi connectivity index (χ4v) is 8.57. The predicted octanol–water partition coefficient (Wildman–Crippen LogP) is 2.79. The van der Waals surface area contributed by atoms with E-state index in [0.717, 1.165) is 0 Å². The molecule has 0 saturated heterocycles.